The average molecular weight is 410 g/mol. The Hall–Kier alpha value is -3.25. The fourth-order valence-corrected chi connectivity index (χ4v) is 3.46. The van der Waals surface area contributed by atoms with Gasteiger partial charge in [-0.15, -0.1) is 0 Å². The van der Waals surface area contributed by atoms with Crippen molar-refractivity contribution in [2.24, 2.45) is 0 Å². The molecule has 0 radical (unpaired) electrons. The highest BCUT2D eigenvalue weighted by Crippen LogP contribution is 2.36. The van der Waals surface area contributed by atoms with Crippen LogP contribution in [-0.4, -0.2) is 5.11 Å². The SMILES string of the molecule is Cc1ccc(N2NC(c3ccc(C(F)(F)F)cc3)=CC2c2ccc(CO)cc2)cc1. The zero-order valence-corrected chi connectivity index (χ0v) is 16.3. The first-order chi connectivity index (χ1) is 14.3. The number of benzene rings is 3. The number of alkyl halides is 3. The molecule has 1 heterocycles. The fraction of sp³-hybridized carbons (Fsp3) is 0.167. The van der Waals surface area contributed by atoms with Gasteiger partial charge in [0.1, 0.15) is 0 Å². The summed E-state index contributed by atoms with van der Waals surface area (Å²) in [5.41, 5.74) is 7.98. The molecule has 3 aromatic carbocycles. The molecule has 2 N–H and O–H groups in total. The van der Waals surface area contributed by atoms with Crippen LogP contribution in [0.5, 0.6) is 0 Å². The second kappa shape index (κ2) is 7.88. The van der Waals surface area contributed by atoms with E-state index in [0.717, 1.165) is 40.2 Å². The van der Waals surface area contributed by atoms with Crippen LogP contribution in [-0.2, 0) is 12.8 Å². The van der Waals surface area contributed by atoms with E-state index in [1.165, 1.54) is 12.1 Å². The van der Waals surface area contributed by atoms with Gasteiger partial charge >= 0.3 is 6.18 Å². The fourth-order valence-electron chi connectivity index (χ4n) is 3.46. The minimum absolute atomic E-state index is 0.0302. The van der Waals surface area contributed by atoms with Crippen molar-refractivity contribution < 1.29 is 18.3 Å². The van der Waals surface area contributed by atoms with Gasteiger partial charge in [-0.25, -0.2) is 0 Å². The van der Waals surface area contributed by atoms with Crippen molar-refractivity contribution in [1.82, 2.24) is 5.43 Å². The Balaban J connectivity index is 1.70. The number of nitrogens with one attached hydrogen (secondary N) is 1. The highest BCUT2D eigenvalue weighted by Gasteiger charge is 2.31. The van der Waals surface area contributed by atoms with Gasteiger partial charge in [0.15, 0.2) is 0 Å². The van der Waals surface area contributed by atoms with E-state index in [2.05, 4.69) is 5.43 Å². The van der Waals surface area contributed by atoms with Crippen molar-refractivity contribution >= 4 is 11.4 Å². The lowest BCUT2D eigenvalue weighted by molar-refractivity contribution is -0.137. The van der Waals surface area contributed by atoms with Gasteiger partial charge in [-0.3, -0.25) is 10.4 Å². The summed E-state index contributed by atoms with van der Waals surface area (Å²) < 4.78 is 38.7. The molecule has 154 valence electrons. The third-order valence-electron chi connectivity index (χ3n) is 5.18. The van der Waals surface area contributed by atoms with Gasteiger partial charge < -0.3 is 5.11 Å². The predicted octanol–water partition coefficient (Wildman–Crippen LogP) is 5.61. The summed E-state index contributed by atoms with van der Waals surface area (Å²) in [4.78, 5) is 0. The molecule has 30 heavy (non-hydrogen) atoms. The molecule has 0 aromatic heterocycles. The van der Waals surface area contributed by atoms with E-state index in [1.54, 1.807) is 0 Å². The number of nitrogens with zero attached hydrogens (tertiary/aromatic N) is 1. The molecule has 0 saturated carbocycles. The number of aryl methyl sites for hydroxylation is 1. The molecule has 3 nitrogen and oxygen atoms in total. The van der Waals surface area contributed by atoms with Crippen molar-refractivity contribution in [2.75, 3.05) is 5.01 Å². The molecular weight excluding hydrogens is 389 g/mol. The third kappa shape index (κ3) is 4.04. The Morgan fingerprint density at radius 2 is 1.53 bits per heavy atom. The van der Waals surface area contributed by atoms with Gasteiger partial charge in [-0.05, 0) is 54.0 Å². The number of aliphatic hydroxyl groups is 1. The first-order valence-electron chi connectivity index (χ1n) is 9.57. The van der Waals surface area contributed by atoms with Gasteiger partial charge in [0, 0.05) is 0 Å². The smallest absolute Gasteiger partial charge is 0.392 e. The van der Waals surface area contributed by atoms with Crippen LogP contribution < -0.4 is 10.4 Å². The van der Waals surface area contributed by atoms with Crippen LogP contribution in [0.25, 0.3) is 5.70 Å². The second-order valence-corrected chi connectivity index (χ2v) is 7.32. The topological polar surface area (TPSA) is 35.5 Å². The summed E-state index contributed by atoms with van der Waals surface area (Å²) in [6.07, 6.45) is -2.36. The lowest BCUT2D eigenvalue weighted by Gasteiger charge is -2.28. The van der Waals surface area contributed by atoms with Crippen LogP contribution in [0, 0.1) is 6.92 Å². The van der Waals surface area contributed by atoms with E-state index in [1.807, 2.05) is 66.5 Å². The number of anilines is 1. The quantitative estimate of drug-likeness (QED) is 0.587. The number of rotatable bonds is 4. The molecule has 3 aromatic rings. The van der Waals surface area contributed by atoms with E-state index in [-0.39, 0.29) is 12.6 Å². The molecule has 1 atom stereocenters. The van der Waals surface area contributed by atoms with E-state index in [0.29, 0.717) is 5.56 Å². The molecular formula is C24H21F3N2O. The van der Waals surface area contributed by atoms with Crippen LogP contribution in [0.4, 0.5) is 18.9 Å². The first kappa shape index (κ1) is 20.0. The number of halogens is 3. The Morgan fingerprint density at radius 3 is 2.10 bits per heavy atom. The summed E-state index contributed by atoms with van der Waals surface area (Å²) in [5, 5.41) is 11.3. The van der Waals surface area contributed by atoms with Crippen LogP contribution in [0.3, 0.4) is 0 Å². The van der Waals surface area contributed by atoms with Gasteiger partial charge in [0.05, 0.1) is 29.6 Å². The van der Waals surface area contributed by atoms with E-state index in [4.69, 9.17) is 0 Å². The molecule has 1 aliphatic heterocycles. The average Bonchev–Trinajstić information content (AvgIpc) is 3.19. The van der Waals surface area contributed by atoms with Crippen LogP contribution >= 0.6 is 0 Å². The maximum Gasteiger partial charge on any atom is 0.416 e. The van der Waals surface area contributed by atoms with Crippen LogP contribution in [0.2, 0.25) is 0 Å². The van der Waals surface area contributed by atoms with Crippen molar-refractivity contribution in [2.45, 2.75) is 25.7 Å². The molecule has 4 rings (SSSR count). The zero-order valence-electron chi connectivity index (χ0n) is 16.3. The Morgan fingerprint density at radius 1 is 0.900 bits per heavy atom. The second-order valence-electron chi connectivity index (χ2n) is 7.32. The zero-order chi connectivity index (χ0) is 21.3. The van der Waals surface area contributed by atoms with Crippen LogP contribution in [0.1, 0.15) is 33.9 Å². The number of hydrogen-bond donors (Lipinski definition) is 2. The summed E-state index contributed by atoms with van der Waals surface area (Å²) in [6, 6.07) is 20.7. The van der Waals surface area contributed by atoms with Crippen molar-refractivity contribution in [1.29, 1.82) is 0 Å². The minimum atomic E-state index is -4.36. The van der Waals surface area contributed by atoms with Crippen molar-refractivity contribution in [3.8, 4) is 0 Å². The lowest BCUT2D eigenvalue weighted by Crippen LogP contribution is -2.33. The first-order valence-corrected chi connectivity index (χ1v) is 9.57. The Kier molecular flexibility index (Phi) is 5.26. The molecule has 0 aliphatic carbocycles. The van der Waals surface area contributed by atoms with Gasteiger partial charge in [0.25, 0.3) is 0 Å². The standard InChI is InChI=1S/C24H21F3N2O/c1-16-2-12-21(13-3-16)29-23(19-6-4-17(15-30)5-7-19)14-22(28-29)18-8-10-20(11-9-18)24(25,26)27/h2-14,23,28,30H,15H2,1H3. The molecule has 0 bridgehead atoms. The maximum atomic E-state index is 12.9. The third-order valence-corrected chi connectivity index (χ3v) is 5.18. The van der Waals surface area contributed by atoms with E-state index < -0.39 is 11.7 Å². The van der Waals surface area contributed by atoms with Crippen molar-refractivity contribution in [3.05, 3.63) is 107 Å². The summed E-state index contributed by atoms with van der Waals surface area (Å²) in [7, 11) is 0. The molecule has 0 fully saturated rings. The minimum Gasteiger partial charge on any atom is -0.392 e. The normalized spacial score (nSPS) is 16.4. The van der Waals surface area contributed by atoms with Crippen LogP contribution in [0.15, 0.2) is 78.9 Å². The highest BCUT2D eigenvalue weighted by molar-refractivity contribution is 5.72. The molecule has 0 spiro atoms. The lowest BCUT2D eigenvalue weighted by atomic mass is 10.0. The molecule has 1 unspecified atom stereocenters. The molecule has 6 heteroatoms. The largest absolute Gasteiger partial charge is 0.416 e. The van der Waals surface area contributed by atoms with Gasteiger partial charge in [-0.1, -0.05) is 54.1 Å². The van der Waals surface area contributed by atoms with Gasteiger partial charge in [0.2, 0.25) is 0 Å². The summed E-state index contributed by atoms with van der Waals surface area (Å²) in [5.74, 6) is 0. The maximum absolute atomic E-state index is 12.9. The Labute approximate surface area is 173 Å². The molecule has 0 amide bonds. The number of hydrazine groups is 1. The van der Waals surface area contributed by atoms with E-state index >= 15 is 0 Å². The highest BCUT2D eigenvalue weighted by atomic mass is 19.4. The van der Waals surface area contributed by atoms with E-state index in [9.17, 15) is 18.3 Å². The summed E-state index contributed by atoms with van der Waals surface area (Å²) >= 11 is 0. The molecule has 1 aliphatic rings. The monoisotopic (exact) mass is 410 g/mol. The Bertz CT molecular complexity index is 1040. The number of aliphatic hydroxyl groups excluding tert-OH is 1. The summed E-state index contributed by atoms with van der Waals surface area (Å²) in [6.45, 7) is 1.98. The van der Waals surface area contributed by atoms with Crippen molar-refractivity contribution in [3.63, 3.8) is 0 Å². The number of hydrogen-bond acceptors (Lipinski definition) is 3. The molecule has 0 saturated heterocycles. The van der Waals surface area contributed by atoms with Gasteiger partial charge in [-0.2, -0.15) is 13.2 Å². The predicted molar refractivity (Wildman–Crippen MR) is 111 cm³/mol.